The topological polar surface area (TPSA) is 50.5 Å². The standard InChI is InChI=1S/C14H20N4OS2/c1-20-14-16-18-12(19)9-11(15-13(18)21-14)10-17-7-5-3-2-4-6-8-17/h9H,2-8,10H2,1H3. The first-order valence-electron chi connectivity index (χ1n) is 7.42. The van der Waals surface area contributed by atoms with Crippen LogP contribution >= 0.6 is 23.1 Å². The molecular weight excluding hydrogens is 304 g/mol. The number of aromatic nitrogens is 3. The van der Waals surface area contributed by atoms with E-state index >= 15 is 0 Å². The minimum Gasteiger partial charge on any atom is -0.298 e. The average molecular weight is 324 g/mol. The first-order chi connectivity index (χ1) is 10.3. The fraction of sp³-hybridized carbons (Fsp3) is 0.643. The summed E-state index contributed by atoms with van der Waals surface area (Å²) >= 11 is 3.03. The van der Waals surface area contributed by atoms with E-state index in [1.807, 2.05) is 6.26 Å². The lowest BCUT2D eigenvalue weighted by atomic mass is 10.1. The molecule has 0 saturated carbocycles. The quantitative estimate of drug-likeness (QED) is 0.812. The second-order valence-electron chi connectivity index (χ2n) is 5.40. The van der Waals surface area contributed by atoms with Crippen LogP contribution < -0.4 is 5.56 Å². The maximum atomic E-state index is 12.1. The van der Waals surface area contributed by atoms with Crippen LogP contribution in [0.1, 0.15) is 37.8 Å². The van der Waals surface area contributed by atoms with Crippen LogP contribution in [0.3, 0.4) is 0 Å². The highest BCUT2D eigenvalue weighted by molar-refractivity contribution is 8.00. The number of rotatable bonds is 3. The van der Waals surface area contributed by atoms with Gasteiger partial charge in [0.15, 0.2) is 4.34 Å². The molecule has 114 valence electrons. The summed E-state index contributed by atoms with van der Waals surface area (Å²) in [6.07, 6.45) is 8.45. The van der Waals surface area contributed by atoms with Crippen LogP contribution in [0, 0.1) is 0 Å². The molecule has 1 fully saturated rings. The molecule has 0 radical (unpaired) electrons. The second-order valence-corrected chi connectivity index (χ2v) is 7.41. The first-order valence-corrected chi connectivity index (χ1v) is 9.46. The lowest BCUT2D eigenvalue weighted by molar-refractivity contribution is 0.237. The Hall–Kier alpha value is -0.920. The molecule has 0 aliphatic carbocycles. The Morgan fingerprint density at radius 3 is 2.67 bits per heavy atom. The Morgan fingerprint density at radius 1 is 1.24 bits per heavy atom. The smallest absolute Gasteiger partial charge is 0.275 e. The van der Waals surface area contributed by atoms with Gasteiger partial charge in [-0.05, 0) is 32.2 Å². The highest BCUT2D eigenvalue weighted by atomic mass is 32.2. The number of likely N-dealkylation sites (tertiary alicyclic amines) is 1. The second kappa shape index (κ2) is 6.89. The van der Waals surface area contributed by atoms with Crippen molar-refractivity contribution in [1.82, 2.24) is 19.5 Å². The number of hydrogen-bond donors (Lipinski definition) is 0. The van der Waals surface area contributed by atoms with E-state index in [1.165, 1.54) is 48.0 Å². The predicted molar refractivity (Wildman–Crippen MR) is 87.3 cm³/mol. The van der Waals surface area contributed by atoms with Gasteiger partial charge in [-0.1, -0.05) is 42.4 Å². The van der Waals surface area contributed by atoms with Crippen LogP contribution in [0.4, 0.5) is 0 Å². The minimum atomic E-state index is -0.0707. The van der Waals surface area contributed by atoms with Gasteiger partial charge in [0.2, 0.25) is 4.96 Å². The van der Waals surface area contributed by atoms with Crippen molar-refractivity contribution in [3.63, 3.8) is 0 Å². The van der Waals surface area contributed by atoms with Crippen molar-refractivity contribution in [1.29, 1.82) is 0 Å². The molecule has 1 aliphatic rings. The summed E-state index contributed by atoms with van der Waals surface area (Å²) in [5.74, 6) is 0. The van der Waals surface area contributed by atoms with Gasteiger partial charge >= 0.3 is 0 Å². The van der Waals surface area contributed by atoms with Crippen LogP contribution in [0.2, 0.25) is 0 Å². The molecule has 0 amide bonds. The maximum Gasteiger partial charge on any atom is 0.275 e. The Kier molecular flexibility index (Phi) is 4.92. The van der Waals surface area contributed by atoms with E-state index in [0.717, 1.165) is 29.7 Å². The van der Waals surface area contributed by atoms with Crippen molar-refractivity contribution >= 4 is 28.1 Å². The highest BCUT2D eigenvalue weighted by Gasteiger charge is 2.12. The third kappa shape index (κ3) is 3.64. The summed E-state index contributed by atoms with van der Waals surface area (Å²) < 4.78 is 2.29. The zero-order chi connectivity index (χ0) is 14.7. The molecule has 3 heterocycles. The first kappa shape index (κ1) is 15.0. The zero-order valence-corrected chi connectivity index (χ0v) is 13.9. The summed E-state index contributed by atoms with van der Waals surface area (Å²) in [6, 6.07) is 1.63. The monoisotopic (exact) mass is 324 g/mol. The summed E-state index contributed by atoms with van der Waals surface area (Å²) in [7, 11) is 0. The van der Waals surface area contributed by atoms with Crippen molar-refractivity contribution in [2.45, 2.75) is 43.0 Å². The van der Waals surface area contributed by atoms with Gasteiger partial charge in [-0.15, -0.1) is 5.10 Å². The van der Waals surface area contributed by atoms with Crippen LogP contribution in [0.15, 0.2) is 15.2 Å². The Morgan fingerprint density at radius 2 is 1.95 bits per heavy atom. The molecule has 0 atom stereocenters. The van der Waals surface area contributed by atoms with Gasteiger partial charge < -0.3 is 0 Å². The molecule has 0 unspecified atom stereocenters. The third-order valence-corrected chi connectivity index (χ3v) is 5.67. The van der Waals surface area contributed by atoms with Crippen molar-refractivity contribution in [2.75, 3.05) is 19.3 Å². The van der Waals surface area contributed by atoms with Gasteiger partial charge in [0.1, 0.15) is 0 Å². The molecule has 2 aromatic rings. The molecule has 0 N–H and O–H groups in total. The molecule has 0 spiro atoms. The summed E-state index contributed by atoms with van der Waals surface area (Å²) in [6.45, 7) is 3.00. The van der Waals surface area contributed by atoms with E-state index in [4.69, 9.17) is 0 Å². The van der Waals surface area contributed by atoms with Gasteiger partial charge in [0.05, 0.1) is 5.69 Å². The van der Waals surface area contributed by atoms with Crippen LogP contribution in [-0.4, -0.2) is 38.8 Å². The molecule has 0 aromatic carbocycles. The van der Waals surface area contributed by atoms with Crippen molar-refractivity contribution < 1.29 is 0 Å². The largest absolute Gasteiger partial charge is 0.298 e. The van der Waals surface area contributed by atoms with Crippen LogP contribution in [0.25, 0.3) is 4.96 Å². The number of thioether (sulfide) groups is 1. The van der Waals surface area contributed by atoms with Crippen molar-refractivity contribution in [3.05, 3.63) is 22.1 Å². The number of fused-ring (bicyclic) bond motifs is 1. The van der Waals surface area contributed by atoms with E-state index in [2.05, 4.69) is 15.0 Å². The molecule has 7 heteroatoms. The Balaban J connectivity index is 1.81. The Bertz CT molecular complexity index is 659. The number of nitrogens with zero attached hydrogens (tertiary/aromatic N) is 4. The molecule has 1 saturated heterocycles. The van der Waals surface area contributed by atoms with Crippen molar-refractivity contribution in [3.8, 4) is 0 Å². The van der Waals surface area contributed by atoms with Crippen LogP contribution in [-0.2, 0) is 6.54 Å². The third-order valence-electron chi connectivity index (χ3n) is 3.79. The number of hydrogen-bond acceptors (Lipinski definition) is 6. The lowest BCUT2D eigenvalue weighted by Gasteiger charge is -2.23. The van der Waals surface area contributed by atoms with E-state index in [0.29, 0.717) is 4.96 Å². The molecule has 21 heavy (non-hydrogen) atoms. The Labute approximate surface area is 132 Å². The van der Waals surface area contributed by atoms with E-state index in [-0.39, 0.29) is 5.56 Å². The van der Waals surface area contributed by atoms with E-state index in [9.17, 15) is 4.79 Å². The summed E-state index contributed by atoms with van der Waals surface area (Å²) in [5, 5.41) is 4.26. The van der Waals surface area contributed by atoms with Crippen molar-refractivity contribution in [2.24, 2.45) is 0 Å². The van der Waals surface area contributed by atoms with Crippen LogP contribution in [0.5, 0.6) is 0 Å². The lowest BCUT2D eigenvalue weighted by Crippen LogP contribution is -2.28. The minimum absolute atomic E-state index is 0.0707. The van der Waals surface area contributed by atoms with Gasteiger partial charge in [-0.25, -0.2) is 4.98 Å². The molecule has 1 aliphatic heterocycles. The van der Waals surface area contributed by atoms with Gasteiger partial charge in [-0.2, -0.15) is 4.52 Å². The molecule has 3 rings (SSSR count). The zero-order valence-electron chi connectivity index (χ0n) is 12.2. The fourth-order valence-corrected chi connectivity index (χ4v) is 4.08. The maximum absolute atomic E-state index is 12.1. The summed E-state index contributed by atoms with van der Waals surface area (Å²) in [5.41, 5.74) is 0.801. The molecule has 2 aromatic heterocycles. The molecule has 5 nitrogen and oxygen atoms in total. The molecular formula is C14H20N4OS2. The fourth-order valence-electron chi connectivity index (χ4n) is 2.70. The highest BCUT2D eigenvalue weighted by Crippen LogP contribution is 2.20. The normalized spacial score (nSPS) is 17.8. The average Bonchev–Trinajstić information content (AvgIpc) is 2.85. The van der Waals surface area contributed by atoms with Gasteiger partial charge in [0, 0.05) is 12.6 Å². The molecule has 0 bridgehead atoms. The van der Waals surface area contributed by atoms with E-state index in [1.54, 1.807) is 17.8 Å². The summed E-state index contributed by atoms with van der Waals surface area (Å²) in [4.78, 5) is 19.9. The predicted octanol–water partition coefficient (Wildman–Crippen LogP) is 2.64. The van der Waals surface area contributed by atoms with Gasteiger partial charge in [-0.3, -0.25) is 9.69 Å². The van der Waals surface area contributed by atoms with Gasteiger partial charge in [0.25, 0.3) is 5.56 Å². The van der Waals surface area contributed by atoms with E-state index < -0.39 is 0 Å². The SMILES string of the molecule is CSc1nn2c(=O)cc(CN3CCCCCCC3)nc2s1.